The van der Waals surface area contributed by atoms with Crippen molar-refractivity contribution in [2.24, 2.45) is 0 Å². The molecule has 0 aliphatic rings. The molecule has 8 heteroatoms. The van der Waals surface area contributed by atoms with Crippen LogP contribution in [-0.4, -0.2) is 39.1 Å². The van der Waals surface area contributed by atoms with Gasteiger partial charge in [-0.05, 0) is 23.6 Å². The van der Waals surface area contributed by atoms with Crippen molar-refractivity contribution in [1.82, 2.24) is 20.3 Å². The van der Waals surface area contributed by atoms with Crippen molar-refractivity contribution in [1.29, 1.82) is 0 Å². The van der Waals surface area contributed by atoms with Crippen LogP contribution in [0.25, 0.3) is 0 Å². The standard InChI is InChI=1S/C16H20N4O4/c1-11(12-3-5-14(24-2)6-4-12)7-15(21)17-8-13-9-20(19-18-13)10-16(22)23/h3-6,9,11H,7-8,10H2,1-2H3,(H,17,21)(H,22,23). The second kappa shape index (κ2) is 8.09. The Morgan fingerprint density at radius 2 is 2.04 bits per heavy atom. The minimum Gasteiger partial charge on any atom is -0.497 e. The topological polar surface area (TPSA) is 106 Å². The predicted molar refractivity (Wildman–Crippen MR) is 85.5 cm³/mol. The van der Waals surface area contributed by atoms with E-state index in [0.29, 0.717) is 12.1 Å². The molecule has 2 aromatic rings. The number of nitrogens with one attached hydrogen (secondary N) is 1. The Morgan fingerprint density at radius 1 is 1.33 bits per heavy atom. The Hall–Kier alpha value is -2.90. The van der Waals surface area contributed by atoms with Gasteiger partial charge in [0.2, 0.25) is 5.91 Å². The number of hydrogen-bond acceptors (Lipinski definition) is 5. The summed E-state index contributed by atoms with van der Waals surface area (Å²) in [5, 5.41) is 18.9. The number of amides is 1. The fourth-order valence-electron chi connectivity index (χ4n) is 2.23. The highest BCUT2D eigenvalue weighted by Gasteiger charge is 2.12. The minimum absolute atomic E-state index is 0.0681. The van der Waals surface area contributed by atoms with Gasteiger partial charge < -0.3 is 15.2 Å². The third kappa shape index (κ3) is 5.08. The molecule has 0 aliphatic carbocycles. The molecule has 0 bridgehead atoms. The molecule has 0 aliphatic heterocycles. The van der Waals surface area contributed by atoms with Crippen LogP contribution in [0, 0.1) is 0 Å². The number of carbonyl (C=O) groups is 2. The van der Waals surface area contributed by atoms with E-state index in [2.05, 4.69) is 15.6 Å². The first-order valence-electron chi connectivity index (χ1n) is 7.49. The zero-order valence-corrected chi connectivity index (χ0v) is 13.6. The smallest absolute Gasteiger partial charge is 0.325 e. The van der Waals surface area contributed by atoms with Gasteiger partial charge in [-0.2, -0.15) is 0 Å². The van der Waals surface area contributed by atoms with Gasteiger partial charge in [0.15, 0.2) is 0 Å². The summed E-state index contributed by atoms with van der Waals surface area (Å²) in [6.45, 7) is 1.94. The average molecular weight is 332 g/mol. The lowest BCUT2D eigenvalue weighted by Crippen LogP contribution is -2.24. The zero-order valence-electron chi connectivity index (χ0n) is 13.6. The molecule has 24 heavy (non-hydrogen) atoms. The van der Waals surface area contributed by atoms with Crippen molar-refractivity contribution in [3.63, 3.8) is 0 Å². The Bertz CT molecular complexity index is 696. The first kappa shape index (κ1) is 17.5. The van der Waals surface area contributed by atoms with Crippen LogP contribution >= 0.6 is 0 Å². The van der Waals surface area contributed by atoms with E-state index in [-0.39, 0.29) is 24.9 Å². The van der Waals surface area contributed by atoms with Gasteiger partial charge in [-0.3, -0.25) is 9.59 Å². The van der Waals surface area contributed by atoms with Gasteiger partial charge in [-0.15, -0.1) is 5.10 Å². The maximum atomic E-state index is 12.0. The minimum atomic E-state index is -0.996. The highest BCUT2D eigenvalue weighted by atomic mass is 16.5. The highest BCUT2D eigenvalue weighted by Crippen LogP contribution is 2.21. The molecule has 8 nitrogen and oxygen atoms in total. The summed E-state index contributed by atoms with van der Waals surface area (Å²) in [5.74, 6) is -0.256. The molecule has 1 aromatic heterocycles. The van der Waals surface area contributed by atoms with E-state index in [1.165, 1.54) is 10.9 Å². The van der Waals surface area contributed by atoms with Crippen LogP contribution in [0.15, 0.2) is 30.5 Å². The summed E-state index contributed by atoms with van der Waals surface area (Å²) in [6.07, 6.45) is 1.84. The Balaban J connectivity index is 1.81. The molecule has 2 rings (SSSR count). The molecule has 1 unspecified atom stereocenters. The number of ether oxygens (including phenoxy) is 1. The molecule has 0 saturated carbocycles. The average Bonchev–Trinajstić information content (AvgIpc) is 2.99. The number of carbonyl (C=O) groups excluding carboxylic acids is 1. The van der Waals surface area contributed by atoms with Crippen LogP contribution in [0.4, 0.5) is 0 Å². The van der Waals surface area contributed by atoms with Crippen LogP contribution in [0.2, 0.25) is 0 Å². The van der Waals surface area contributed by atoms with Crippen molar-refractivity contribution < 1.29 is 19.4 Å². The van der Waals surface area contributed by atoms with Crippen molar-refractivity contribution >= 4 is 11.9 Å². The highest BCUT2D eigenvalue weighted by molar-refractivity contribution is 5.76. The molecular formula is C16H20N4O4. The van der Waals surface area contributed by atoms with Crippen molar-refractivity contribution in [2.45, 2.75) is 32.4 Å². The van der Waals surface area contributed by atoms with Crippen LogP contribution in [0.3, 0.4) is 0 Å². The summed E-state index contributed by atoms with van der Waals surface area (Å²) < 4.78 is 6.32. The van der Waals surface area contributed by atoms with Crippen molar-refractivity contribution in [3.8, 4) is 5.75 Å². The lowest BCUT2D eigenvalue weighted by Gasteiger charge is -2.12. The van der Waals surface area contributed by atoms with Crippen molar-refractivity contribution in [2.75, 3.05) is 7.11 Å². The first-order valence-corrected chi connectivity index (χ1v) is 7.49. The SMILES string of the molecule is COc1ccc(C(C)CC(=O)NCc2cn(CC(=O)O)nn2)cc1. The number of aliphatic carboxylic acids is 1. The molecule has 1 aromatic carbocycles. The van der Waals surface area contributed by atoms with E-state index in [0.717, 1.165) is 11.3 Å². The second-order valence-corrected chi connectivity index (χ2v) is 5.46. The summed E-state index contributed by atoms with van der Waals surface area (Å²) in [5.41, 5.74) is 1.57. The van der Waals surface area contributed by atoms with Crippen LogP contribution < -0.4 is 10.1 Å². The molecule has 1 amide bonds. The number of carboxylic acid groups (broad SMARTS) is 1. The molecule has 0 spiro atoms. The third-order valence-electron chi connectivity index (χ3n) is 3.53. The molecule has 0 radical (unpaired) electrons. The first-order chi connectivity index (χ1) is 11.5. The van der Waals surface area contributed by atoms with E-state index < -0.39 is 5.97 Å². The maximum absolute atomic E-state index is 12.0. The largest absolute Gasteiger partial charge is 0.497 e. The van der Waals surface area contributed by atoms with Crippen molar-refractivity contribution in [3.05, 3.63) is 41.7 Å². The van der Waals surface area contributed by atoms with E-state index in [1.807, 2.05) is 31.2 Å². The molecule has 0 saturated heterocycles. The summed E-state index contributed by atoms with van der Waals surface area (Å²) in [4.78, 5) is 22.6. The number of carboxylic acids is 1. The number of nitrogens with zero attached hydrogens (tertiary/aromatic N) is 3. The normalized spacial score (nSPS) is 11.8. The van der Waals surface area contributed by atoms with Crippen LogP contribution in [-0.2, 0) is 22.7 Å². The molecule has 128 valence electrons. The third-order valence-corrected chi connectivity index (χ3v) is 3.53. The number of rotatable bonds is 8. The Morgan fingerprint density at radius 3 is 2.67 bits per heavy atom. The van der Waals surface area contributed by atoms with Gasteiger partial charge >= 0.3 is 5.97 Å². The maximum Gasteiger partial charge on any atom is 0.325 e. The monoisotopic (exact) mass is 332 g/mol. The van der Waals surface area contributed by atoms with Gasteiger partial charge in [0.1, 0.15) is 18.0 Å². The quantitative estimate of drug-likeness (QED) is 0.752. The van der Waals surface area contributed by atoms with Gasteiger partial charge in [0, 0.05) is 6.42 Å². The molecule has 0 fully saturated rings. The van der Waals surface area contributed by atoms with Gasteiger partial charge in [-0.25, -0.2) is 4.68 Å². The number of methoxy groups -OCH3 is 1. The molecule has 1 heterocycles. The molecular weight excluding hydrogens is 312 g/mol. The van der Waals surface area contributed by atoms with Crippen LogP contribution in [0.5, 0.6) is 5.75 Å². The summed E-state index contributed by atoms with van der Waals surface area (Å²) >= 11 is 0. The lowest BCUT2D eigenvalue weighted by atomic mass is 9.97. The molecule has 1 atom stereocenters. The summed E-state index contributed by atoms with van der Waals surface area (Å²) in [7, 11) is 1.61. The number of benzene rings is 1. The fourth-order valence-corrected chi connectivity index (χ4v) is 2.23. The molecule has 2 N–H and O–H groups in total. The van der Waals surface area contributed by atoms with Gasteiger partial charge in [0.25, 0.3) is 0 Å². The van der Waals surface area contributed by atoms with Crippen LogP contribution in [0.1, 0.15) is 30.5 Å². The lowest BCUT2D eigenvalue weighted by molar-refractivity contribution is -0.138. The second-order valence-electron chi connectivity index (χ2n) is 5.46. The van der Waals surface area contributed by atoms with Gasteiger partial charge in [-0.1, -0.05) is 24.3 Å². The van der Waals surface area contributed by atoms with E-state index >= 15 is 0 Å². The number of aromatic nitrogens is 3. The summed E-state index contributed by atoms with van der Waals surface area (Å²) in [6, 6.07) is 7.61. The van der Waals surface area contributed by atoms with Gasteiger partial charge in [0.05, 0.1) is 19.9 Å². The van der Waals surface area contributed by atoms with E-state index in [9.17, 15) is 9.59 Å². The zero-order chi connectivity index (χ0) is 17.5. The number of hydrogen-bond donors (Lipinski definition) is 2. The Kier molecular flexibility index (Phi) is 5.89. The Labute approximate surface area is 139 Å². The van der Waals surface area contributed by atoms with E-state index in [4.69, 9.17) is 9.84 Å². The predicted octanol–water partition coefficient (Wildman–Crippen LogP) is 1.18. The fraction of sp³-hybridized carbons (Fsp3) is 0.375. The van der Waals surface area contributed by atoms with E-state index in [1.54, 1.807) is 7.11 Å².